The van der Waals surface area contributed by atoms with E-state index < -0.39 is 18.0 Å². The van der Waals surface area contributed by atoms with E-state index in [-0.39, 0.29) is 18.6 Å². The number of nitrogens with two attached hydrogens (primary N) is 1. The third-order valence-corrected chi connectivity index (χ3v) is 4.64. The van der Waals surface area contributed by atoms with Crippen LogP contribution in [0.4, 0.5) is 13.2 Å². The highest BCUT2D eigenvalue weighted by Gasteiger charge is 2.47. The molecule has 0 aromatic rings. The predicted molar refractivity (Wildman–Crippen MR) is 67.7 cm³/mol. The average molecular weight is 279 g/mol. The van der Waals surface area contributed by atoms with Gasteiger partial charge in [-0.05, 0) is 44.4 Å². The molecule has 4 atom stereocenters. The lowest BCUT2D eigenvalue weighted by atomic mass is 9.74. The molecule has 0 bridgehead atoms. The number of halogens is 3. The monoisotopic (exact) mass is 279 g/mol. The molecule has 1 aliphatic carbocycles. The molecule has 4 unspecified atom stereocenters. The van der Waals surface area contributed by atoms with Crippen molar-refractivity contribution < 1.29 is 17.9 Å². The van der Waals surface area contributed by atoms with Crippen LogP contribution >= 0.6 is 0 Å². The van der Waals surface area contributed by atoms with Crippen molar-refractivity contribution in [2.75, 3.05) is 6.61 Å². The minimum Gasteiger partial charge on any atom is -0.378 e. The Bertz CT molecular complexity index is 276. The molecular weight excluding hydrogens is 255 g/mol. The zero-order valence-electron chi connectivity index (χ0n) is 11.3. The molecule has 2 N–H and O–H groups in total. The van der Waals surface area contributed by atoms with E-state index in [0.29, 0.717) is 19.3 Å². The van der Waals surface area contributed by atoms with Crippen molar-refractivity contribution in [2.24, 2.45) is 17.6 Å². The first-order chi connectivity index (χ1) is 8.98. The van der Waals surface area contributed by atoms with Crippen LogP contribution in [0.15, 0.2) is 0 Å². The van der Waals surface area contributed by atoms with E-state index in [0.717, 1.165) is 32.3 Å². The standard InChI is InChI=1S/C14H24F3NO/c15-14(16,17)12-6-2-1-5-11(12)13(18)8-7-10-4-3-9-19-10/h10-13H,1-9,18H2. The Morgan fingerprint density at radius 1 is 1.11 bits per heavy atom. The maximum atomic E-state index is 13.0. The van der Waals surface area contributed by atoms with Gasteiger partial charge in [0.15, 0.2) is 0 Å². The summed E-state index contributed by atoms with van der Waals surface area (Å²) in [6.07, 6.45) is 2.12. The highest BCUT2D eigenvalue weighted by molar-refractivity contribution is 4.87. The van der Waals surface area contributed by atoms with Crippen LogP contribution in [0.2, 0.25) is 0 Å². The number of ether oxygens (including phenoxy) is 1. The van der Waals surface area contributed by atoms with Gasteiger partial charge in [-0.3, -0.25) is 0 Å². The van der Waals surface area contributed by atoms with E-state index in [2.05, 4.69) is 0 Å². The van der Waals surface area contributed by atoms with Crippen molar-refractivity contribution in [3.05, 3.63) is 0 Å². The molecule has 2 fully saturated rings. The summed E-state index contributed by atoms with van der Waals surface area (Å²) < 4.78 is 44.5. The van der Waals surface area contributed by atoms with Crippen LogP contribution in [-0.4, -0.2) is 24.9 Å². The second kappa shape index (κ2) is 6.44. The van der Waals surface area contributed by atoms with Crippen LogP contribution in [0.25, 0.3) is 0 Å². The molecule has 2 aliphatic rings. The molecular formula is C14H24F3NO. The zero-order chi connectivity index (χ0) is 13.9. The van der Waals surface area contributed by atoms with Gasteiger partial charge < -0.3 is 10.5 Å². The fourth-order valence-corrected chi connectivity index (χ4v) is 3.54. The molecule has 2 rings (SSSR count). The highest BCUT2D eigenvalue weighted by atomic mass is 19.4. The SMILES string of the molecule is NC(CCC1CCCO1)C1CCCCC1C(F)(F)F. The molecule has 0 amide bonds. The molecule has 2 nitrogen and oxygen atoms in total. The fourth-order valence-electron chi connectivity index (χ4n) is 3.54. The summed E-state index contributed by atoms with van der Waals surface area (Å²) in [5.41, 5.74) is 6.06. The van der Waals surface area contributed by atoms with E-state index in [1.807, 2.05) is 0 Å². The Balaban J connectivity index is 1.85. The van der Waals surface area contributed by atoms with Gasteiger partial charge in [0, 0.05) is 12.6 Å². The van der Waals surface area contributed by atoms with Gasteiger partial charge in [-0.15, -0.1) is 0 Å². The largest absolute Gasteiger partial charge is 0.392 e. The Kier molecular flexibility index (Phi) is 5.12. The summed E-state index contributed by atoms with van der Waals surface area (Å²) in [6.45, 7) is 0.786. The summed E-state index contributed by atoms with van der Waals surface area (Å²) >= 11 is 0. The Morgan fingerprint density at radius 3 is 2.47 bits per heavy atom. The topological polar surface area (TPSA) is 35.2 Å². The molecule has 1 heterocycles. The van der Waals surface area contributed by atoms with Gasteiger partial charge in [-0.1, -0.05) is 12.8 Å². The fraction of sp³-hybridized carbons (Fsp3) is 1.00. The van der Waals surface area contributed by atoms with E-state index in [9.17, 15) is 13.2 Å². The Morgan fingerprint density at radius 2 is 1.84 bits per heavy atom. The molecule has 0 radical (unpaired) electrons. The van der Waals surface area contributed by atoms with Gasteiger partial charge in [0.2, 0.25) is 0 Å². The summed E-state index contributed by atoms with van der Waals surface area (Å²) in [5.74, 6) is -1.59. The van der Waals surface area contributed by atoms with Crippen molar-refractivity contribution in [3.63, 3.8) is 0 Å². The molecule has 19 heavy (non-hydrogen) atoms. The van der Waals surface area contributed by atoms with Crippen LogP contribution < -0.4 is 5.73 Å². The third-order valence-electron chi connectivity index (χ3n) is 4.64. The summed E-state index contributed by atoms with van der Waals surface area (Å²) in [4.78, 5) is 0. The van der Waals surface area contributed by atoms with Crippen LogP contribution in [0.5, 0.6) is 0 Å². The van der Waals surface area contributed by atoms with Crippen LogP contribution in [0.1, 0.15) is 51.4 Å². The first-order valence-electron chi connectivity index (χ1n) is 7.42. The Labute approximate surface area is 112 Å². The smallest absolute Gasteiger partial charge is 0.378 e. The lowest BCUT2D eigenvalue weighted by Crippen LogP contribution is -2.43. The van der Waals surface area contributed by atoms with Crippen molar-refractivity contribution >= 4 is 0 Å². The first-order valence-corrected chi connectivity index (χ1v) is 7.42. The van der Waals surface area contributed by atoms with Gasteiger partial charge in [0.05, 0.1) is 12.0 Å². The lowest BCUT2D eigenvalue weighted by Gasteiger charge is -2.36. The van der Waals surface area contributed by atoms with Crippen molar-refractivity contribution in [3.8, 4) is 0 Å². The van der Waals surface area contributed by atoms with Gasteiger partial charge in [0.1, 0.15) is 0 Å². The van der Waals surface area contributed by atoms with Crippen LogP contribution in [-0.2, 0) is 4.74 Å². The van der Waals surface area contributed by atoms with E-state index in [1.54, 1.807) is 0 Å². The van der Waals surface area contributed by atoms with Gasteiger partial charge in [-0.25, -0.2) is 0 Å². The van der Waals surface area contributed by atoms with Gasteiger partial charge >= 0.3 is 6.18 Å². The molecule has 112 valence electrons. The highest BCUT2D eigenvalue weighted by Crippen LogP contribution is 2.43. The zero-order valence-corrected chi connectivity index (χ0v) is 11.3. The molecule has 0 spiro atoms. The van der Waals surface area contributed by atoms with E-state index in [4.69, 9.17) is 10.5 Å². The average Bonchev–Trinajstić information content (AvgIpc) is 2.88. The molecule has 0 aromatic carbocycles. The number of alkyl halides is 3. The maximum Gasteiger partial charge on any atom is 0.392 e. The molecule has 0 aromatic heterocycles. The molecule has 1 saturated carbocycles. The molecule has 1 saturated heterocycles. The number of rotatable bonds is 4. The third kappa shape index (κ3) is 4.09. The second-order valence-electron chi connectivity index (χ2n) is 5.97. The quantitative estimate of drug-likeness (QED) is 0.852. The second-order valence-corrected chi connectivity index (χ2v) is 5.97. The summed E-state index contributed by atoms with van der Waals surface area (Å²) in [5, 5.41) is 0. The van der Waals surface area contributed by atoms with Crippen LogP contribution in [0.3, 0.4) is 0 Å². The van der Waals surface area contributed by atoms with Crippen molar-refractivity contribution in [1.82, 2.24) is 0 Å². The summed E-state index contributed by atoms with van der Waals surface area (Å²) in [7, 11) is 0. The van der Waals surface area contributed by atoms with E-state index in [1.165, 1.54) is 0 Å². The minimum atomic E-state index is -4.09. The normalized spacial score (nSPS) is 34.4. The molecule has 1 aliphatic heterocycles. The first kappa shape index (κ1) is 15.1. The minimum absolute atomic E-state index is 0.221. The van der Waals surface area contributed by atoms with Gasteiger partial charge in [-0.2, -0.15) is 13.2 Å². The van der Waals surface area contributed by atoms with Crippen LogP contribution in [0, 0.1) is 11.8 Å². The molecule has 5 heteroatoms. The summed E-state index contributed by atoms with van der Waals surface area (Å²) in [6, 6.07) is -0.337. The van der Waals surface area contributed by atoms with Gasteiger partial charge in [0.25, 0.3) is 0 Å². The van der Waals surface area contributed by atoms with Crippen molar-refractivity contribution in [1.29, 1.82) is 0 Å². The maximum absolute atomic E-state index is 13.0. The predicted octanol–water partition coefficient (Wildman–Crippen LogP) is 3.64. The number of hydrogen-bond donors (Lipinski definition) is 1. The van der Waals surface area contributed by atoms with Crippen molar-refractivity contribution in [2.45, 2.75) is 69.7 Å². The number of hydrogen-bond acceptors (Lipinski definition) is 2. The van der Waals surface area contributed by atoms with E-state index >= 15 is 0 Å². The lowest BCUT2D eigenvalue weighted by molar-refractivity contribution is -0.198. The Hall–Kier alpha value is -0.290.